The van der Waals surface area contributed by atoms with Crippen molar-refractivity contribution in [2.45, 2.75) is 11.1 Å². The molecule has 1 fully saturated rings. The molecule has 1 heterocycles. The number of hydrogen-bond donors (Lipinski definition) is 0. The van der Waals surface area contributed by atoms with E-state index < -0.39 is 27.5 Å². The first-order valence-electron chi connectivity index (χ1n) is 8.21. The minimum atomic E-state index is -4.90. The zero-order valence-electron chi connectivity index (χ0n) is 14.2. The Kier molecular flexibility index (Phi) is 5.25. The van der Waals surface area contributed by atoms with Gasteiger partial charge in [0.15, 0.2) is 0 Å². The fraction of sp³-hybridized carbons (Fsp3) is 0.278. The molecule has 2 aromatic rings. The van der Waals surface area contributed by atoms with E-state index in [0.717, 1.165) is 12.1 Å². The molecule has 1 saturated heterocycles. The van der Waals surface area contributed by atoms with Gasteiger partial charge in [0.05, 0.1) is 4.90 Å². The monoisotopic (exact) mass is 398 g/mol. The highest BCUT2D eigenvalue weighted by Gasteiger charge is 2.39. The summed E-state index contributed by atoms with van der Waals surface area (Å²) in [4.78, 5) is 13.3. The number of alkyl halides is 3. The van der Waals surface area contributed by atoms with Gasteiger partial charge < -0.3 is 4.90 Å². The standard InChI is InChI=1S/C18H17F3N2O3S/c19-18(20,21)17(24)14-6-8-15(9-7-14)22-10-12-23(13-11-22)27(25,26)16-4-2-1-3-5-16/h1-9H,10-13H2. The normalized spacial score (nSPS) is 16.3. The number of carbonyl (C=O) groups excluding carboxylic acids is 1. The number of nitrogens with zero attached hydrogens (tertiary/aromatic N) is 2. The van der Waals surface area contributed by atoms with E-state index in [0.29, 0.717) is 18.8 Å². The van der Waals surface area contributed by atoms with E-state index >= 15 is 0 Å². The lowest BCUT2D eigenvalue weighted by Crippen LogP contribution is -2.48. The first-order valence-corrected chi connectivity index (χ1v) is 9.65. The van der Waals surface area contributed by atoms with Crippen molar-refractivity contribution >= 4 is 21.5 Å². The van der Waals surface area contributed by atoms with Gasteiger partial charge in [-0.2, -0.15) is 17.5 Å². The predicted molar refractivity (Wildman–Crippen MR) is 94.2 cm³/mol. The van der Waals surface area contributed by atoms with Crippen LogP contribution in [0.1, 0.15) is 10.4 Å². The molecule has 144 valence electrons. The van der Waals surface area contributed by atoms with Crippen molar-refractivity contribution < 1.29 is 26.4 Å². The van der Waals surface area contributed by atoms with Crippen molar-refractivity contribution in [3.8, 4) is 0 Å². The highest BCUT2D eigenvalue weighted by molar-refractivity contribution is 7.89. The van der Waals surface area contributed by atoms with Crippen LogP contribution in [0.2, 0.25) is 0 Å². The van der Waals surface area contributed by atoms with Crippen LogP contribution in [0.15, 0.2) is 59.5 Å². The Bertz CT molecular complexity index is 905. The van der Waals surface area contributed by atoms with Gasteiger partial charge in [0.2, 0.25) is 10.0 Å². The van der Waals surface area contributed by atoms with Crippen molar-refractivity contribution in [1.82, 2.24) is 4.31 Å². The van der Waals surface area contributed by atoms with Crippen molar-refractivity contribution in [3.05, 3.63) is 60.2 Å². The highest BCUT2D eigenvalue weighted by Crippen LogP contribution is 2.25. The molecule has 1 aliphatic heterocycles. The van der Waals surface area contributed by atoms with Crippen LogP contribution in [0.5, 0.6) is 0 Å². The highest BCUT2D eigenvalue weighted by atomic mass is 32.2. The van der Waals surface area contributed by atoms with E-state index in [-0.39, 0.29) is 18.0 Å². The number of rotatable bonds is 4. The number of sulfonamides is 1. The molecular weight excluding hydrogens is 381 g/mol. The van der Waals surface area contributed by atoms with Crippen LogP contribution >= 0.6 is 0 Å². The third kappa shape index (κ3) is 4.14. The van der Waals surface area contributed by atoms with Crippen LogP contribution in [0.25, 0.3) is 0 Å². The van der Waals surface area contributed by atoms with Gasteiger partial charge >= 0.3 is 6.18 Å². The zero-order valence-corrected chi connectivity index (χ0v) is 15.0. The Labute approximate surface area is 155 Å². The molecular formula is C18H17F3N2O3S. The third-order valence-electron chi connectivity index (χ3n) is 4.37. The molecule has 3 rings (SSSR count). The molecule has 0 unspecified atom stereocenters. The number of halogens is 3. The number of Topliss-reactive ketones (excluding diaryl/α,β-unsaturated/α-hetero) is 1. The number of benzene rings is 2. The second-order valence-corrected chi connectivity index (χ2v) is 8.02. The molecule has 1 aliphatic rings. The summed E-state index contributed by atoms with van der Waals surface area (Å²) in [6.07, 6.45) is -4.90. The molecule has 0 atom stereocenters. The number of ketones is 1. The molecule has 0 N–H and O–H groups in total. The quantitative estimate of drug-likeness (QED) is 0.743. The van der Waals surface area contributed by atoms with Gasteiger partial charge in [-0.1, -0.05) is 18.2 Å². The van der Waals surface area contributed by atoms with E-state index in [2.05, 4.69) is 0 Å². The first kappa shape index (κ1) is 19.4. The minimum absolute atomic E-state index is 0.230. The van der Waals surface area contributed by atoms with Crippen molar-refractivity contribution in [2.24, 2.45) is 0 Å². The van der Waals surface area contributed by atoms with Crippen LogP contribution in [0, 0.1) is 0 Å². The fourth-order valence-corrected chi connectivity index (χ4v) is 4.36. The van der Waals surface area contributed by atoms with Crippen LogP contribution in [-0.2, 0) is 10.0 Å². The molecule has 0 bridgehead atoms. The van der Waals surface area contributed by atoms with Crippen molar-refractivity contribution in [1.29, 1.82) is 0 Å². The maximum absolute atomic E-state index is 12.6. The average Bonchev–Trinajstić information content (AvgIpc) is 2.67. The summed E-state index contributed by atoms with van der Waals surface area (Å²) in [6, 6.07) is 13.3. The molecule has 0 aliphatic carbocycles. The number of piperazine rings is 1. The third-order valence-corrected chi connectivity index (χ3v) is 6.28. The zero-order chi connectivity index (χ0) is 19.7. The summed E-state index contributed by atoms with van der Waals surface area (Å²) in [5, 5.41) is 0. The lowest BCUT2D eigenvalue weighted by Gasteiger charge is -2.35. The van der Waals surface area contributed by atoms with E-state index in [4.69, 9.17) is 0 Å². The maximum atomic E-state index is 12.6. The smallest absolute Gasteiger partial charge is 0.369 e. The molecule has 0 saturated carbocycles. The summed E-state index contributed by atoms with van der Waals surface area (Å²) in [6.45, 7) is 1.33. The van der Waals surface area contributed by atoms with Crippen molar-refractivity contribution in [3.63, 3.8) is 0 Å². The van der Waals surface area contributed by atoms with Gasteiger partial charge in [0.25, 0.3) is 5.78 Å². The van der Waals surface area contributed by atoms with Crippen molar-refractivity contribution in [2.75, 3.05) is 31.1 Å². The average molecular weight is 398 g/mol. The molecule has 0 amide bonds. The molecule has 2 aromatic carbocycles. The Morgan fingerprint density at radius 1 is 0.852 bits per heavy atom. The molecule has 0 aromatic heterocycles. The first-order chi connectivity index (χ1) is 12.7. The van der Waals surface area contributed by atoms with Gasteiger partial charge in [-0.25, -0.2) is 8.42 Å². The topological polar surface area (TPSA) is 57.7 Å². The van der Waals surface area contributed by atoms with Gasteiger partial charge in [-0.15, -0.1) is 0 Å². The van der Waals surface area contributed by atoms with Gasteiger partial charge in [0, 0.05) is 37.4 Å². The predicted octanol–water partition coefficient (Wildman–Crippen LogP) is 2.94. The number of anilines is 1. The second kappa shape index (κ2) is 7.32. The molecule has 0 spiro atoms. The largest absolute Gasteiger partial charge is 0.454 e. The summed E-state index contributed by atoms with van der Waals surface area (Å²) in [7, 11) is -3.56. The Hall–Kier alpha value is -2.39. The Balaban J connectivity index is 1.67. The van der Waals surface area contributed by atoms with Gasteiger partial charge in [-0.3, -0.25) is 4.79 Å². The van der Waals surface area contributed by atoms with Crippen LogP contribution < -0.4 is 4.90 Å². The van der Waals surface area contributed by atoms with E-state index in [1.807, 2.05) is 4.90 Å². The van der Waals surface area contributed by atoms with Gasteiger partial charge in [0.1, 0.15) is 0 Å². The van der Waals surface area contributed by atoms with E-state index in [1.165, 1.54) is 28.6 Å². The second-order valence-electron chi connectivity index (χ2n) is 6.08. The summed E-state index contributed by atoms with van der Waals surface area (Å²) in [5.74, 6) is -1.88. The lowest BCUT2D eigenvalue weighted by molar-refractivity contribution is -0.0885. The Morgan fingerprint density at radius 2 is 1.41 bits per heavy atom. The minimum Gasteiger partial charge on any atom is -0.369 e. The number of hydrogen-bond acceptors (Lipinski definition) is 4. The molecule has 0 radical (unpaired) electrons. The Morgan fingerprint density at radius 3 is 1.93 bits per heavy atom. The van der Waals surface area contributed by atoms with E-state index in [9.17, 15) is 26.4 Å². The van der Waals surface area contributed by atoms with Crippen LogP contribution in [0.4, 0.5) is 18.9 Å². The molecule has 5 nitrogen and oxygen atoms in total. The summed E-state index contributed by atoms with van der Waals surface area (Å²) >= 11 is 0. The molecule has 9 heteroatoms. The van der Waals surface area contributed by atoms with Crippen LogP contribution in [-0.4, -0.2) is 50.9 Å². The van der Waals surface area contributed by atoms with Crippen LogP contribution in [0.3, 0.4) is 0 Å². The molecule has 27 heavy (non-hydrogen) atoms. The van der Waals surface area contributed by atoms with E-state index in [1.54, 1.807) is 18.2 Å². The summed E-state index contributed by atoms with van der Waals surface area (Å²) in [5.41, 5.74) is 0.224. The summed E-state index contributed by atoms with van der Waals surface area (Å²) < 4.78 is 64.0. The maximum Gasteiger partial charge on any atom is 0.454 e. The number of carbonyl (C=O) groups is 1. The fourth-order valence-electron chi connectivity index (χ4n) is 2.92. The lowest BCUT2D eigenvalue weighted by atomic mass is 10.1. The van der Waals surface area contributed by atoms with Gasteiger partial charge in [-0.05, 0) is 36.4 Å². The SMILES string of the molecule is O=C(c1ccc(N2CCN(S(=O)(=O)c3ccccc3)CC2)cc1)C(F)(F)F.